The van der Waals surface area contributed by atoms with E-state index in [9.17, 15) is 24.0 Å². The summed E-state index contributed by atoms with van der Waals surface area (Å²) in [5.74, 6) is -6.07. The molecule has 0 aromatic rings. The maximum Gasteiger partial charge on any atom is 0.326 e. The third-order valence-electron chi connectivity index (χ3n) is 3.59. The first-order valence-electron chi connectivity index (χ1n) is 8.27. The van der Waals surface area contributed by atoms with Gasteiger partial charge in [-0.1, -0.05) is 13.8 Å². The average molecular weight is 422 g/mol. The summed E-state index contributed by atoms with van der Waals surface area (Å²) in [6.45, 7) is 2.62. The fraction of sp³-hybridized carbons (Fsp3) is 0.667. The lowest BCUT2D eigenvalue weighted by Gasteiger charge is -2.26. The van der Waals surface area contributed by atoms with Crippen LogP contribution in [0.4, 0.5) is 0 Å². The van der Waals surface area contributed by atoms with E-state index >= 15 is 0 Å². The van der Waals surface area contributed by atoms with Crippen LogP contribution in [0, 0.1) is 5.92 Å². The SMILES string of the molecule is CC(C)C(NC(=O)C(N)CO)C(=O)NC(CS)C(=O)NC(CC(=O)O)C(=O)O. The van der Waals surface area contributed by atoms with Gasteiger partial charge >= 0.3 is 11.9 Å². The van der Waals surface area contributed by atoms with Crippen molar-refractivity contribution in [1.82, 2.24) is 16.0 Å². The Morgan fingerprint density at radius 1 is 0.929 bits per heavy atom. The molecule has 0 aromatic heterocycles. The molecule has 8 N–H and O–H groups in total. The zero-order chi connectivity index (χ0) is 22.0. The van der Waals surface area contributed by atoms with Crippen molar-refractivity contribution in [2.45, 2.75) is 44.4 Å². The molecule has 0 radical (unpaired) electrons. The van der Waals surface area contributed by atoms with Crippen molar-refractivity contribution in [2.75, 3.05) is 12.4 Å². The van der Waals surface area contributed by atoms with Crippen molar-refractivity contribution >= 4 is 42.3 Å². The van der Waals surface area contributed by atoms with Gasteiger partial charge in [-0.2, -0.15) is 12.6 Å². The lowest BCUT2D eigenvalue weighted by atomic mass is 10.0. The van der Waals surface area contributed by atoms with Crippen molar-refractivity contribution in [1.29, 1.82) is 0 Å². The molecule has 0 rings (SSSR count). The number of aliphatic hydroxyl groups is 1. The van der Waals surface area contributed by atoms with Crippen LogP contribution in [0.1, 0.15) is 20.3 Å². The maximum absolute atomic E-state index is 12.4. The molecule has 0 aliphatic carbocycles. The highest BCUT2D eigenvalue weighted by Crippen LogP contribution is 2.04. The Kier molecular flexibility index (Phi) is 11.1. The highest BCUT2D eigenvalue weighted by Gasteiger charge is 2.31. The van der Waals surface area contributed by atoms with Gasteiger partial charge in [0.2, 0.25) is 17.7 Å². The first kappa shape index (κ1) is 25.6. The van der Waals surface area contributed by atoms with Crippen LogP contribution in [0.25, 0.3) is 0 Å². The van der Waals surface area contributed by atoms with Crippen LogP contribution in [0.15, 0.2) is 0 Å². The fourth-order valence-corrected chi connectivity index (χ4v) is 2.24. The molecule has 0 spiro atoms. The van der Waals surface area contributed by atoms with Crippen LogP contribution in [0.2, 0.25) is 0 Å². The number of hydrogen-bond donors (Lipinski definition) is 8. The smallest absolute Gasteiger partial charge is 0.326 e. The van der Waals surface area contributed by atoms with Gasteiger partial charge < -0.3 is 37.0 Å². The third kappa shape index (κ3) is 8.54. The Hall–Kier alpha value is -2.38. The van der Waals surface area contributed by atoms with E-state index in [4.69, 9.17) is 21.1 Å². The van der Waals surface area contributed by atoms with E-state index in [1.54, 1.807) is 13.8 Å². The molecule has 28 heavy (non-hydrogen) atoms. The molecular formula is C15H26N4O8S. The Bertz CT molecular complexity index is 601. The zero-order valence-electron chi connectivity index (χ0n) is 15.4. The minimum atomic E-state index is -1.69. The van der Waals surface area contributed by atoms with E-state index in [0.29, 0.717) is 0 Å². The normalized spacial score (nSPS) is 15.1. The molecule has 0 aliphatic rings. The second-order valence-electron chi connectivity index (χ2n) is 6.26. The van der Waals surface area contributed by atoms with E-state index < -0.39 is 72.8 Å². The van der Waals surface area contributed by atoms with E-state index in [0.717, 1.165) is 0 Å². The second-order valence-corrected chi connectivity index (χ2v) is 6.63. The highest BCUT2D eigenvalue weighted by molar-refractivity contribution is 7.80. The summed E-state index contributed by atoms with van der Waals surface area (Å²) in [5.41, 5.74) is 5.39. The van der Waals surface area contributed by atoms with Crippen molar-refractivity contribution in [2.24, 2.45) is 11.7 Å². The number of aliphatic hydroxyl groups excluding tert-OH is 1. The van der Waals surface area contributed by atoms with E-state index in [1.165, 1.54) is 0 Å². The van der Waals surface area contributed by atoms with Gasteiger partial charge in [0.25, 0.3) is 0 Å². The lowest BCUT2D eigenvalue weighted by molar-refractivity contribution is -0.147. The number of nitrogens with one attached hydrogen (secondary N) is 3. The Morgan fingerprint density at radius 3 is 1.86 bits per heavy atom. The number of carboxylic acids is 2. The number of aliphatic carboxylic acids is 2. The number of hydrogen-bond acceptors (Lipinski definition) is 8. The molecule has 0 saturated carbocycles. The molecule has 0 aliphatic heterocycles. The number of carbonyl (C=O) groups is 5. The maximum atomic E-state index is 12.4. The summed E-state index contributed by atoms with van der Waals surface area (Å²) in [4.78, 5) is 58.2. The van der Waals surface area contributed by atoms with Gasteiger partial charge in [-0.3, -0.25) is 19.2 Å². The number of rotatable bonds is 12. The molecule has 3 amide bonds. The van der Waals surface area contributed by atoms with Crippen molar-refractivity contribution in [3.05, 3.63) is 0 Å². The van der Waals surface area contributed by atoms with Crippen LogP contribution < -0.4 is 21.7 Å². The van der Waals surface area contributed by atoms with E-state index in [1.807, 2.05) is 5.32 Å². The number of nitrogens with two attached hydrogens (primary N) is 1. The fourth-order valence-electron chi connectivity index (χ4n) is 1.98. The van der Waals surface area contributed by atoms with E-state index in [2.05, 4.69) is 23.3 Å². The molecule has 0 bridgehead atoms. The van der Waals surface area contributed by atoms with Gasteiger partial charge in [-0.15, -0.1) is 0 Å². The number of thiol groups is 1. The molecule has 0 fully saturated rings. The predicted octanol–water partition coefficient (Wildman–Crippen LogP) is -3.09. The Morgan fingerprint density at radius 2 is 1.46 bits per heavy atom. The average Bonchev–Trinajstić information content (AvgIpc) is 2.61. The molecule has 0 aromatic carbocycles. The van der Waals surface area contributed by atoms with Gasteiger partial charge in [-0.05, 0) is 5.92 Å². The molecular weight excluding hydrogens is 396 g/mol. The number of carboxylic acid groups (broad SMARTS) is 2. The van der Waals surface area contributed by atoms with Crippen molar-refractivity contribution in [3.63, 3.8) is 0 Å². The number of amides is 3. The summed E-state index contributed by atoms with van der Waals surface area (Å²) >= 11 is 3.93. The van der Waals surface area contributed by atoms with Crippen molar-refractivity contribution in [3.8, 4) is 0 Å². The quantitative estimate of drug-likeness (QED) is 0.150. The van der Waals surface area contributed by atoms with Gasteiger partial charge in [0.15, 0.2) is 0 Å². The summed E-state index contributed by atoms with van der Waals surface area (Å²) in [7, 11) is 0. The largest absolute Gasteiger partial charge is 0.481 e. The summed E-state index contributed by atoms with van der Waals surface area (Å²) < 4.78 is 0. The first-order valence-corrected chi connectivity index (χ1v) is 8.90. The summed E-state index contributed by atoms with van der Waals surface area (Å²) in [5, 5.41) is 33.3. The van der Waals surface area contributed by atoms with Gasteiger partial charge in [0.05, 0.1) is 13.0 Å². The van der Waals surface area contributed by atoms with Gasteiger partial charge in [0.1, 0.15) is 24.2 Å². The third-order valence-corrected chi connectivity index (χ3v) is 3.95. The van der Waals surface area contributed by atoms with Crippen LogP contribution in [0.5, 0.6) is 0 Å². The molecule has 13 heteroatoms. The highest BCUT2D eigenvalue weighted by atomic mass is 32.1. The molecule has 0 heterocycles. The van der Waals surface area contributed by atoms with Crippen LogP contribution in [-0.2, 0) is 24.0 Å². The summed E-state index contributed by atoms with van der Waals surface area (Å²) in [6.07, 6.45) is -0.849. The molecule has 4 unspecified atom stereocenters. The standard InChI is InChI=1S/C15H26N4O8S/c1-6(2)11(19-12(23)7(16)4-20)14(25)18-9(5-28)13(24)17-8(15(26)27)3-10(21)22/h6-9,11,20,28H,3-5,16H2,1-2H3,(H,17,24)(H,18,25)(H,19,23)(H,21,22)(H,26,27). The number of carbonyl (C=O) groups excluding carboxylic acids is 3. The monoisotopic (exact) mass is 422 g/mol. The van der Waals surface area contributed by atoms with E-state index in [-0.39, 0.29) is 5.75 Å². The molecule has 4 atom stereocenters. The Labute approximate surface area is 166 Å². The predicted molar refractivity (Wildman–Crippen MR) is 99.4 cm³/mol. The molecule has 160 valence electrons. The second kappa shape index (κ2) is 12.2. The lowest BCUT2D eigenvalue weighted by Crippen LogP contribution is -2.59. The van der Waals surface area contributed by atoms with Crippen molar-refractivity contribution < 1.29 is 39.3 Å². The summed E-state index contributed by atoms with van der Waals surface area (Å²) in [6, 6.07) is -5.29. The van der Waals surface area contributed by atoms with Crippen LogP contribution in [-0.4, -0.2) is 81.5 Å². The first-order chi connectivity index (χ1) is 12.9. The van der Waals surface area contributed by atoms with Crippen LogP contribution in [0.3, 0.4) is 0 Å². The minimum absolute atomic E-state index is 0.216. The van der Waals surface area contributed by atoms with Gasteiger partial charge in [-0.25, -0.2) is 4.79 Å². The molecule has 0 saturated heterocycles. The zero-order valence-corrected chi connectivity index (χ0v) is 16.3. The Balaban J connectivity index is 5.15. The topological polar surface area (TPSA) is 208 Å². The molecule has 12 nitrogen and oxygen atoms in total. The minimum Gasteiger partial charge on any atom is -0.481 e. The van der Waals surface area contributed by atoms with Gasteiger partial charge in [0, 0.05) is 5.75 Å². The van der Waals surface area contributed by atoms with Crippen LogP contribution >= 0.6 is 12.6 Å².